The number of pyridine rings is 1. The first-order chi connectivity index (χ1) is 15.5. The van der Waals surface area contributed by atoms with E-state index in [1.54, 1.807) is 12.4 Å². The fraction of sp³-hybridized carbons (Fsp3) is 0.182. The van der Waals surface area contributed by atoms with Crippen molar-refractivity contribution in [3.8, 4) is 5.75 Å². The summed E-state index contributed by atoms with van der Waals surface area (Å²) in [7, 11) is 3.82. The van der Waals surface area contributed by atoms with E-state index in [9.17, 15) is 0 Å². The zero-order valence-electron chi connectivity index (χ0n) is 17.8. The number of aryl methyl sites for hydroxylation is 1. The summed E-state index contributed by atoms with van der Waals surface area (Å²) in [5, 5.41) is 12.3. The summed E-state index contributed by atoms with van der Waals surface area (Å²) in [6.45, 7) is 0.644. The number of hydrogen-bond donors (Lipinski definition) is 2. The van der Waals surface area contributed by atoms with Gasteiger partial charge >= 0.3 is 0 Å². The summed E-state index contributed by atoms with van der Waals surface area (Å²) >= 11 is 8.16. The van der Waals surface area contributed by atoms with Crippen molar-refractivity contribution in [3.05, 3.63) is 71.0 Å². The molecule has 0 spiro atoms. The standard InChI is InChI=1S/C22H22ClN7OS/c1-29(13-14-7-5-4-6-8-14)21-18(25-9-10-26-21)15(11-24)31-16-12-27-20-19(17(16)23)30(2)22(28-20)32-3/h4-12,24-25H,13H2,1-3H3/b18-15+,24-11?. The summed E-state index contributed by atoms with van der Waals surface area (Å²) in [5.74, 6) is 1.25. The second kappa shape index (κ2) is 9.46. The summed E-state index contributed by atoms with van der Waals surface area (Å²) in [6, 6.07) is 10.1. The highest BCUT2D eigenvalue weighted by atomic mass is 35.5. The van der Waals surface area contributed by atoms with Crippen LogP contribution in [-0.2, 0) is 13.6 Å². The third kappa shape index (κ3) is 4.21. The number of likely N-dealkylation sites (N-methyl/N-ethyl adjacent to an activating group) is 1. The van der Waals surface area contributed by atoms with Crippen molar-refractivity contribution in [2.24, 2.45) is 12.0 Å². The summed E-state index contributed by atoms with van der Waals surface area (Å²) in [6.07, 6.45) is 7.96. The van der Waals surface area contributed by atoms with Gasteiger partial charge in [0.25, 0.3) is 0 Å². The van der Waals surface area contributed by atoms with Gasteiger partial charge in [-0.25, -0.2) is 15.0 Å². The van der Waals surface area contributed by atoms with Gasteiger partial charge in [0, 0.05) is 33.0 Å². The van der Waals surface area contributed by atoms with Crippen LogP contribution in [0.4, 0.5) is 0 Å². The van der Waals surface area contributed by atoms with Gasteiger partial charge in [-0.1, -0.05) is 53.7 Å². The zero-order chi connectivity index (χ0) is 22.7. The van der Waals surface area contributed by atoms with E-state index in [-0.39, 0.29) is 5.76 Å². The molecule has 0 bridgehead atoms. The highest BCUT2D eigenvalue weighted by Gasteiger charge is 2.22. The number of rotatable bonds is 6. The van der Waals surface area contributed by atoms with Crippen LogP contribution in [0, 0.1) is 5.41 Å². The van der Waals surface area contributed by atoms with Crippen molar-refractivity contribution in [1.29, 1.82) is 5.41 Å². The highest BCUT2D eigenvalue weighted by Crippen LogP contribution is 2.34. The minimum atomic E-state index is 0.267. The lowest BCUT2D eigenvalue weighted by molar-refractivity contribution is 0.442. The molecular formula is C22H22ClN7OS. The average Bonchev–Trinajstić information content (AvgIpc) is 3.15. The van der Waals surface area contributed by atoms with Gasteiger partial charge in [-0.2, -0.15) is 0 Å². The van der Waals surface area contributed by atoms with Crippen molar-refractivity contribution in [3.63, 3.8) is 0 Å². The van der Waals surface area contributed by atoms with Crippen molar-refractivity contribution in [2.45, 2.75) is 11.7 Å². The highest BCUT2D eigenvalue weighted by molar-refractivity contribution is 7.98. The summed E-state index contributed by atoms with van der Waals surface area (Å²) < 4.78 is 7.94. The number of imidazole rings is 1. The number of aromatic nitrogens is 3. The number of benzene rings is 1. The SMILES string of the molecule is CSc1nc2ncc(O/C(C=N)=C3/NC=CN=C3N(C)Cc3ccccc3)c(Cl)c2n1C. The van der Waals surface area contributed by atoms with Crippen molar-refractivity contribution in [1.82, 2.24) is 24.8 Å². The van der Waals surface area contributed by atoms with E-state index in [0.29, 0.717) is 40.0 Å². The van der Waals surface area contributed by atoms with Gasteiger partial charge in [-0.15, -0.1) is 0 Å². The first-order valence-electron chi connectivity index (χ1n) is 9.75. The lowest BCUT2D eigenvalue weighted by atomic mass is 10.2. The van der Waals surface area contributed by atoms with Crippen molar-refractivity contribution < 1.29 is 4.74 Å². The van der Waals surface area contributed by atoms with Crippen LogP contribution in [0.15, 0.2) is 70.5 Å². The molecule has 0 atom stereocenters. The van der Waals surface area contributed by atoms with E-state index in [2.05, 4.69) is 32.4 Å². The number of hydrogen-bond acceptors (Lipinski definition) is 8. The lowest BCUT2D eigenvalue weighted by Crippen LogP contribution is -2.35. The number of nitrogens with zero attached hydrogens (tertiary/aromatic N) is 5. The van der Waals surface area contributed by atoms with Crippen LogP contribution in [0.25, 0.3) is 11.2 Å². The molecule has 2 N–H and O–H groups in total. The van der Waals surface area contributed by atoms with Crippen LogP contribution in [-0.4, -0.2) is 44.8 Å². The smallest absolute Gasteiger partial charge is 0.180 e. The van der Waals surface area contributed by atoms with E-state index in [1.807, 2.05) is 48.0 Å². The van der Waals surface area contributed by atoms with Crippen molar-refractivity contribution in [2.75, 3.05) is 13.3 Å². The van der Waals surface area contributed by atoms with Gasteiger partial charge in [0.1, 0.15) is 16.2 Å². The summed E-state index contributed by atoms with van der Waals surface area (Å²) in [4.78, 5) is 15.4. The third-order valence-corrected chi connectivity index (χ3v) is 5.99. The zero-order valence-corrected chi connectivity index (χ0v) is 19.4. The van der Waals surface area contributed by atoms with Gasteiger partial charge in [0.15, 0.2) is 28.1 Å². The molecule has 0 radical (unpaired) electrons. The predicted octanol–water partition coefficient (Wildman–Crippen LogP) is 4.19. The summed E-state index contributed by atoms with van der Waals surface area (Å²) in [5.41, 5.74) is 2.92. The quantitative estimate of drug-likeness (QED) is 0.321. The molecule has 164 valence electrons. The van der Waals surface area contributed by atoms with Crippen LogP contribution in [0.1, 0.15) is 5.56 Å². The molecule has 0 fully saturated rings. The number of thioether (sulfide) groups is 1. The molecule has 32 heavy (non-hydrogen) atoms. The number of aliphatic imine (C=N–C) groups is 1. The Morgan fingerprint density at radius 3 is 2.84 bits per heavy atom. The monoisotopic (exact) mass is 467 g/mol. The van der Waals surface area contributed by atoms with E-state index in [1.165, 1.54) is 18.0 Å². The molecule has 1 aliphatic heterocycles. The van der Waals surface area contributed by atoms with Crippen molar-refractivity contribution >= 4 is 46.6 Å². The largest absolute Gasteiger partial charge is 0.450 e. The van der Waals surface area contributed by atoms with Crippen LogP contribution in [0.2, 0.25) is 5.02 Å². The molecule has 10 heteroatoms. The van der Waals surface area contributed by atoms with Gasteiger partial charge < -0.3 is 24.9 Å². The Labute approximate surface area is 195 Å². The van der Waals surface area contributed by atoms with E-state index < -0.39 is 0 Å². The van der Waals surface area contributed by atoms with Gasteiger partial charge in [0.2, 0.25) is 0 Å². The molecule has 3 heterocycles. The maximum Gasteiger partial charge on any atom is 0.180 e. The van der Waals surface area contributed by atoms with Crippen LogP contribution >= 0.6 is 23.4 Å². The van der Waals surface area contributed by atoms with E-state index in [0.717, 1.165) is 16.9 Å². The molecule has 1 aromatic carbocycles. The third-order valence-electron chi connectivity index (χ3n) is 4.89. The Morgan fingerprint density at radius 1 is 1.34 bits per heavy atom. The molecule has 2 aromatic heterocycles. The molecule has 1 aliphatic rings. The number of fused-ring (bicyclic) bond motifs is 1. The maximum absolute atomic E-state index is 7.98. The number of ether oxygens (including phenoxy) is 1. The number of nitrogens with one attached hydrogen (secondary N) is 2. The Hall–Kier alpha value is -3.30. The first-order valence-corrected chi connectivity index (χ1v) is 11.4. The minimum Gasteiger partial charge on any atom is -0.450 e. The van der Waals surface area contributed by atoms with E-state index >= 15 is 0 Å². The minimum absolute atomic E-state index is 0.267. The number of amidine groups is 1. The number of allylic oxidation sites excluding steroid dienone is 1. The molecule has 4 rings (SSSR count). The molecule has 8 nitrogen and oxygen atoms in total. The molecule has 0 saturated carbocycles. The molecule has 3 aromatic rings. The van der Waals surface area contributed by atoms with Crippen LogP contribution in [0.5, 0.6) is 5.75 Å². The van der Waals surface area contributed by atoms with Gasteiger partial charge in [-0.05, 0) is 11.8 Å². The topological polar surface area (TPSA) is 91.4 Å². The molecule has 0 amide bonds. The molecule has 0 unspecified atom stereocenters. The predicted molar refractivity (Wildman–Crippen MR) is 129 cm³/mol. The van der Waals surface area contributed by atoms with Crippen LogP contribution < -0.4 is 10.1 Å². The van der Waals surface area contributed by atoms with Crippen LogP contribution in [0.3, 0.4) is 0 Å². The molecule has 0 saturated heterocycles. The lowest BCUT2D eigenvalue weighted by Gasteiger charge is -2.26. The first kappa shape index (κ1) is 21.9. The second-order valence-corrected chi connectivity index (χ2v) is 8.16. The van der Waals surface area contributed by atoms with E-state index in [4.69, 9.17) is 21.7 Å². The fourth-order valence-corrected chi connectivity index (χ4v) is 4.22. The second-order valence-electron chi connectivity index (χ2n) is 7.01. The molecular weight excluding hydrogens is 446 g/mol. The average molecular weight is 468 g/mol. The Balaban J connectivity index is 1.68. The number of halogens is 1. The Kier molecular flexibility index (Phi) is 6.48. The van der Waals surface area contributed by atoms with Gasteiger partial charge in [0.05, 0.1) is 12.4 Å². The maximum atomic E-state index is 7.98. The Morgan fingerprint density at radius 2 is 2.12 bits per heavy atom. The normalized spacial score (nSPS) is 14.7. The fourth-order valence-electron chi connectivity index (χ4n) is 3.38. The molecule has 0 aliphatic carbocycles. The Bertz CT molecular complexity index is 1250. The van der Waals surface area contributed by atoms with Gasteiger partial charge in [-0.3, -0.25) is 0 Å².